The molecule has 0 spiro atoms. The first-order chi connectivity index (χ1) is 13.4. The van der Waals surface area contributed by atoms with Gasteiger partial charge in [0.15, 0.2) is 0 Å². The van der Waals surface area contributed by atoms with E-state index in [4.69, 9.17) is 9.47 Å². The standard InChI is InChI=1S/C21H17F2NO4/c1-13-8-18(28-12-15-6-7-16(22)10-19(15)23)11-20(25)24(13)17-5-3-4-14(9-17)21(26)27-2/h3-11H,12H2,1-2H3. The highest BCUT2D eigenvalue weighted by atomic mass is 19.1. The molecule has 5 nitrogen and oxygen atoms in total. The number of esters is 1. The van der Waals surface area contributed by atoms with Gasteiger partial charge in [-0.15, -0.1) is 0 Å². The molecule has 0 N–H and O–H groups in total. The Bertz CT molecular complexity index is 1090. The van der Waals surface area contributed by atoms with Gasteiger partial charge in [0.1, 0.15) is 24.0 Å². The predicted octanol–water partition coefficient (Wildman–Crippen LogP) is 3.79. The first-order valence-electron chi connectivity index (χ1n) is 8.38. The van der Waals surface area contributed by atoms with Crippen LogP contribution < -0.4 is 10.3 Å². The summed E-state index contributed by atoms with van der Waals surface area (Å²) in [5.74, 6) is -1.64. The molecule has 0 saturated heterocycles. The number of carbonyl (C=O) groups excluding carboxylic acids is 1. The first-order valence-corrected chi connectivity index (χ1v) is 8.38. The summed E-state index contributed by atoms with van der Waals surface area (Å²) in [6.07, 6.45) is 0. The van der Waals surface area contributed by atoms with Gasteiger partial charge in [0.2, 0.25) is 0 Å². The molecule has 0 radical (unpaired) electrons. The van der Waals surface area contributed by atoms with Crippen molar-refractivity contribution in [2.45, 2.75) is 13.5 Å². The molecule has 7 heteroatoms. The van der Waals surface area contributed by atoms with Crippen molar-refractivity contribution in [3.05, 3.63) is 93.4 Å². The highest BCUT2D eigenvalue weighted by Gasteiger charge is 2.11. The molecule has 1 heterocycles. The van der Waals surface area contributed by atoms with E-state index in [0.717, 1.165) is 12.1 Å². The number of aromatic nitrogens is 1. The second kappa shape index (κ2) is 8.04. The molecule has 0 atom stereocenters. The number of hydrogen-bond donors (Lipinski definition) is 0. The van der Waals surface area contributed by atoms with E-state index in [2.05, 4.69) is 0 Å². The van der Waals surface area contributed by atoms with E-state index >= 15 is 0 Å². The van der Waals surface area contributed by atoms with Crippen LogP contribution in [0.25, 0.3) is 5.69 Å². The second-order valence-corrected chi connectivity index (χ2v) is 6.07. The number of pyridine rings is 1. The monoisotopic (exact) mass is 385 g/mol. The van der Waals surface area contributed by atoms with E-state index in [1.165, 1.54) is 23.8 Å². The van der Waals surface area contributed by atoms with E-state index in [1.54, 1.807) is 37.3 Å². The molecular weight excluding hydrogens is 368 g/mol. The van der Waals surface area contributed by atoms with Gasteiger partial charge in [-0.3, -0.25) is 9.36 Å². The highest BCUT2D eigenvalue weighted by Crippen LogP contribution is 2.18. The highest BCUT2D eigenvalue weighted by molar-refractivity contribution is 5.89. The lowest BCUT2D eigenvalue weighted by molar-refractivity contribution is 0.0600. The van der Waals surface area contributed by atoms with Gasteiger partial charge in [0.25, 0.3) is 5.56 Å². The Morgan fingerprint density at radius 3 is 2.54 bits per heavy atom. The fourth-order valence-electron chi connectivity index (χ4n) is 2.78. The fourth-order valence-corrected chi connectivity index (χ4v) is 2.78. The molecule has 0 unspecified atom stereocenters. The third-order valence-corrected chi connectivity index (χ3v) is 4.12. The van der Waals surface area contributed by atoms with Crippen LogP contribution in [-0.4, -0.2) is 17.6 Å². The van der Waals surface area contributed by atoms with Crippen LogP contribution in [-0.2, 0) is 11.3 Å². The van der Waals surface area contributed by atoms with Crippen LogP contribution in [0.2, 0.25) is 0 Å². The molecule has 0 aliphatic heterocycles. The summed E-state index contributed by atoms with van der Waals surface area (Å²) in [5.41, 5.74) is 1.18. The maximum absolute atomic E-state index is 13.7. The average molecular weight is 385 g/mol. The molecule has 0 bridgehead atoms. The minimum atomic E-state index is -0.718. The first kappa shape index (κ1) is 19.3. The zero-order chi connectivity index (χ0) is 20.3. The largest absolute Gasteiger partial charge is 0.489 e. The summed E-state index contributed by atoms with van der Waals surface area (Å²) >= 11 is 0. The maximum atomic E-state index is 13.7. The van der Waals surface area contributed by atoms with Crippen LogP contribution in [0.1, 0.15) is 21.6 Å². The van der Waals surface area contributed by atoms with Crippen LogP contribution in [0.5, 0.6) is 5.75 Å². The van der Waals surface area contributed by atoms with Crippen molar-refractivity contribution in [2.24, 2.45) is 0 Å². The molecule has 0 saturated carbocycles. The van der Waals surface area contributed by atoms with Crippen molar-refractivity contribution in [3.8, 4) is 11.4 Å². The molecule has 0 aliphatic rings. The number of ether oxygens (including phenoxy) is 2. The smallest absolute Gasteiger partial charge is 0.337 e. The number of carbonyl (C=O) groups is 1. The summed E-state index contributed by atoms with van der Waals surface area (Å²) in [7, 11) is 1.28. The quantitative estimate of drug-likeness (QED) is 0.627. The SMILES string of the molecule is COC(=O)c1cccc(-n2c(C)cc(OCc3ccc(F)cc3F)cc2=O)c1. The zero-order valence-electron chi connectivity index (χ0n) is 15.2. The average Bonchev–Trinajstić information content (AvgIpc) is 2.66. The summed E-state index contributed by atoms with van der Waals surface area (Å²) in [5, 5.41) is 0. The van der Waals surface area contributed by atoms with E-state index in [9.17, 15) is 18.4 Å². The molecule has 0 amide bonds. The molecule has 28 heavy (non-hydrogen) atoms. The van der Waals surface area contributed by atoms with Crippen molar-refractivity contribution in [3.63, 3.8) is 0 Å². The molecule has 0 aliphatic carbocycles. The Kier molecular flexibility index (Phi) is 5.54. The minimum Gasteiger partial charge on any atom is -0.489 e. The maximum Gasteiger partial charge on any atom is 0.337 e. The van der Waals surface area contributed by atoms with Gasteiger partial charge in [0.05, 0.1) is 12.7 Å². The van der Waals surface area contributed by atoms with Gasteiger partial charge < -0.3 is 9.47 Å². The zero-order valence-corrected chi connectivity index (χ0v) is 15.2. The molecule has 144 valence electrons. The van der Waals surface area contributed by atoms with Crippen molar-refractivity contribution in [1.82, 2.24) is 4.57 Å². The molecule has 2 aromatic carbocycles. The Morgan fingerprint density at radius 1 is 1.07 bits per heavy atom. The summed E-state index contributed by atoms with van der Waals surface area (Å²) < 4.78 is 38.3. The van der Waals surface area contributed by atoms with Crippen molar-refractivity contribution in [1.29, 1.82) is 0 Å². The molecule has 3 rings (SSSR count). The van der Waals surface area contributed by atoms with Crippen LogP contribution >= 0.6 is 0 Å². The van der Waals surface area contributed by atoms with Crippen LogP contribution in [0.3, 0.4) is 0 Å². The van der Waals surface area contributed by atoms with Gasteiger partial charge in [-0.05, 0) is 37.3 Å². The fraction of sp³-hybridized carbons (Fsp3) is 0.143. The van der Waals surface area contributed by atoms with Gasteiger partial charge >= 0.3 is 5.97 Å². The lowest BCUT2D eigenvalue weighted by Gasteiger charge is -2.13. The van der Waals surface area contributed by atoms with Crippen LogP contribution in [0.15, 0.2) is 59.4 Å². The summed E-state index contributed by atoms with van der Waals surface area (Å²) in [4.78, 5) is 24.3. The summed E-state index contributed by atoms with van der Waals surface area (Å²) in [6.45, 7) is 1.56. The topological polar surface area (TPSA) is 57.5 Å². The van der Waals surface area contributed by atoms with Gasteiger partial charge in [0, 0.05) is 35.1 Å². The minimum absolute atomic E-state index is 0.146. The lowest BCUT2D eigenvalue weighted by Crippen LogP contribution is -2.20. The number of hydrogen-bond acceptors (Lipinski definition) is 4. The lowest BCUT2D eigenvalue weighted by atomic mass is 10.2. The van der Waals surface area contributed by atoms with Crippen molar-refractivity contribution < 1.29 is 23.0 Å². The van der Waals surface area contributed by atoms with Crippen LogP contribution in [0.4, 0.5) is 8.78 Å². The van der Waals surface area contributed by atoms with E-state index in [1.807, 2.05) is 0 Å². The number of methoxy groups -OCH3 is 1. The van der Waals surface area contributed by atoms with Gasteiger partial charge in [-0.2, -0.15) is 0 Å². The van der Waals surface area contributed by atoms with Crippen molar-refractivity contribution in [2.75, 3.05) is 7.11 Å². The Morgan fingerprint density at radius 2 is 1.86 bits per heavy atom. The Hall–Kier alpha value is -3.48. The third kappa shape index (κ3) is 4.09. The number of benzene rings is 2. The number of aryl methyl sites for hydroxylation is 1. The molecule has 3 aromatic rings. The van der Waals surface area contributed by atoms with Crippen molar-refractivity contribution >= 4 is 5.97 Å². The second-order valence-electron chi connectivity index (χ2n) is 6.07. The van der Waals surface area contributed by atoms with E-state index < -0.39 is 17.6 Å². The molecular formula is C21H17F2NO4. The van der Waals surface area contributed by atoms with Gasteiger partial charge in [-0.25, -0.2) is 13.6 Å². The van der Waals surface area contributed by atoms with E-state index in [0.29, 0.717) is 16.9 Å². The predicted molar refractivity (Wildman–Crippen MR) is 98.8 cm³/mol. The molecule has 0 fully saturated rings. The molecule has 1 aromatic heterocycles. The number of nitrogens with zero attached hydrogens (tertiary/aromatic N) is 1. The van der Waals surface area contributed by atoms with Gasteiger partial charge in [-0.1, -0.05) is 6.07 Å². The normalized spacial score (nSPS) is 10.6. The number of halogens is 2. The Balaban J connectivity index is 1.87. The number of rotatable bonds is 5. The summed E-state index contributed by atoms with van der Waals surface area (Å²) in [6, 6.07) is 12.6. The Labute approximate surface area is 159 Å². The van der Waals surface area contributed by atoms with Crippen LogP contribution in [0, 0.1) is 18.6 Å². The third-order valence-electron chi connectivity index (χ3n) is 4.12. The van der Waals surface area contributed by atoms with E-state index in [-0.39, 0.29) is 23.5 Å².